The highest BCUT2D eigenvalue weighted by Crippen LogP contribution is 2.47. The Balaban J connectivity index is 1.79. The van der Waals surface area contributed by atoms with Gasteiger partial charge in [-0.15, -0.1) is 11.3 Å². The molecule has 11 heteroatoms. The Morgan fingerprint density at radius 1 is 1.32 bits per heavy atom. The largest absolute Gasteiger partial charge is 0.498 e. The minimum absolute atomic E-state index is 0.0886. The third-order valence-electron chi connectivity index (χ3n) is 6.31. The van der Waals surface area contributed by atoms with Crippen LogP contribution in [0.15, 0.2) is 15.7 Å². The summed E-state index contributed by atoms with van der Waals surface area (Å²) in [6.07, 6.45) is -0.605. The Morgan fingerprint density at radius 2 is 2.03 bits per heavy atom. The molecule has 0 amide bonds. The second kappa shape index (κ2) is 6.73. The second-order valence-electron chi connectivity index (χ2n) is 8.25. The van der Waals surface area contributed by atoms with Gasteiger partial charge in [0.05, 0.1) is 35.3 Å². The van der Waals surface area contributed by atoms with Crippen molar-refractivity contribution in [3.05, 3.63) is 52.8 Å². The maximum Gasteiger partial charge on any atom is 0.329 e. The van der Waals surface area contributed by atoms with Crippen LogP contribution in [0.5, 0.6) is 0 Å². The molecule has 0 saturated heterocycles. The van der Waals surface area contributed by atoms with Gasteiger partial charge in [-0.25, -0.2) is 18.0 Å². The number of hydrogen-bond donors (Lipinski definition) is 3. The van der Waals surface area contributed by atoms with Crippen LogP contribution in [0.4, 0.5) is 13.2 Å². The zero-order valence-electron chi connectivity index (χ0n) is 16.6. The number of nitrogens with zero attached hydrogens (tertiary/aromatic N) is 1. The molecule has 2 aromatic rings. The van der Waals surface area contributed by atoms with E-state index in [1.54, 1.807) is 0 Å². The lowest BCUT2D eigenvalue weighted by atomic mass is 9.88. The fraction of sp³-hybridized carbons (Fsp3) is 0.500. The first-order chi connectivity index (χ1) is 14.7. The van der Waals surface area contributed by atoms with E-state index >= 15 is 4.39 Å². The molecule has 5 rings (SSSR count). The number of methoxy groups -OCH3 is 1. The third-order valence-corrected chi connectivity index (χ3v) is 7.61. The Hall–Kier alpha value is -2.53. The van der Waals surface area contributed by atoms with Crippen molar-refractivity contribution >= 4 is 22.8 Å². The summed E-state index contributed by atoms with van der Waals surface area (Å²) < 4.78 is 50.8. The van der Waals surface area contributed by atoms with Crippen molar-refractivity contribution in [2.24, 2.45) is 11.5 Å². The molecule has 7 nitrogen and oxygen atoms in total. The Bertz CT molecular complexity index is 1320. The second-order valence-corrected chi connectivity index (χ2v) is 9.42. The lowest BCUT2D eigenvalue weighted by Crippen LogP contribution is -2.60. The lowest BCUT2D eigenvalue weighted by Gasteiger charge is -2.28. The highest BCUT2D eigenvalue weighted by atomic mass is 32.1. The number of ether oxygens (including phenoxy) is 1. The van der Waals surface area contributed by atoms with E-state index in [1.165, 1.54) is 29.1 Å². The number of rotatable bonds is 3. The number of aromatic nitrogens is 2. The molecule has 0 spiro atoms. The van der Waals surface area contributed by atoms with Crippen LogP contribution in [0.1, 0.15) is 52.6 Å². The van der Waals surface area contributed by atoms with Crippen LogP contribution < -0.4 is 33.3 Å². The van der Waals surface area contributed by atoms with E-state index in [4.69, 9.17) is 16.2 Å². The van der Waals surface area contributed by atoms with Gasteiger partial charge in [-0.3, -0.25) is 14.3 Å². The van der Waals surface area contributed by atoms with Gasteiger partial charge >= 0.3 is 5.69 Å². The first-order valence-electron chi connectivity index (χ1n) is 9.98. The molecule has 3 unspecified atom stereocenters. The minimum atomic E-state index is -3.04. The first kappa shape index (κ1) is 20.4. The van der Waals surface area contributed by atoms with Gasteiger partial charge in [-0.05, 0) is 30.9 Å². The highest BCUT2D eigenvalue weighted by molar-refractivity contribution is 7.12. The summed E-state index contributed by atoms with van der Waals surface area (Å²) in [5, 5.41) is 0.0489. The molecular formula is C20H21F3N4O3S. The van der Waals surface area contributed by atoms with E-state index in [0.717, 1.165) is 12.8 Å². The summed E-state index contributed by atoms with van der Waals surface area (Å²) in [5.74, 6) is -4.02. The van der Waals surface area contributed by atoms with E-state index in [0.29, 0.717) is 9.75 Å². The number of fused-ring (bicyclic) bond motifs is 2. The molecule has 0 aliphatic heterocycles. The van der Waals surface area contributed by atoms with Crippen molar-refractivity contribution < 1.29 is 17.9 Å². The maximum absolute atomic E-state index is 15.6. The summed E-state index contributed by atoms with van der Waals surface area (Å²) in [5.41, 5.74) is 10.4. The number of aryl methyl sites for hydroxylation is 1. The zero-order valence-corrected chi connectivity index (χ0v) is 17.4. The number of thiophene rings is 1. The predicted octanol–water partition coefficient (Wildman–Crippen LogP) is 0.471. The summed E-state index contributed by atoms with van der Waals surface area (Å²) in [6, 6.07) is -0.134. The highest BCUT2D eigenvalue weighted by Gasteiger charge is 2.45. The Labute approximate surface area is 177 Å². The lowest BCUT2D eigenvalue weighted by molar-refractivity contribution is -0.0392. The van der Waals surface area contributed by atoms with E-state index < -0.39 is 35.3 Å². The van der Waals surface area contributed by atoms with Gasteiger partial charge < -0.3 is 16.2 Å². The molecule has 0 aromatic carbocycles. The van der Waals surface area contributed by atoms with Crippen molar-refractivity contribution in [3.8, 4) is 0 Å². The van der Waals surface area contributed by atoms with Crippen LogP contribution in [0.2, 0.25) is 0 Å². The van der Waals surface area contributed by atoms with Crippen LogP contribution in [0.25, 0.3) is 11.5 Å². The predicted molar refractivity (Wildman–Crippen MR) is 109 cm³/mol. The van der Waals surface area contributed by atoms with Gasteiger partial charge in [0.1, 0.15) is 5.76 Å². The number of alkyl halides is 3. The van der Waals surface area contributed by atoms with E-state index in [-0.39, 0.29) is 46.5 Å². The quantitative estimate of drug-likeness (QED) is 0.624. The SMILES string of the molecule is COC1=c2c(c(=O)[nH]c(=O)n2C2CC2)=C(N)C(F)C1c1cc2c(s1)CCC(F)(F)C2N. The monoisotopic (exact) mass is 454 g/mol. The average molecular weight is 454 g/mol. The zero-order chi connectivity index (χ0) is 22.2. The van der Waals surface area contributed by atoms with Crippen molar-refractivity contribution in [2.75, 3.05) is 7.11 Å². The normalized spacial score (nSPS) is 27.1. The Morgan fingerprint density at radius 3 is 2.68 bits per heavy atom. The summed E-state index contributed by atoms with van der Waals surface area (Å²) in [4.78, 5) is 28.4. The van der Waals surface area contributed by atoms with Gasteiger partial charge in [0.2, 0.25) is 0 Å². The van der Waals surface area contributed by atoms with Crippen LogP contribution >= 0.6 is 11.3 Å². The molecule has 3 atom stereocenters. The van der Waals surface area contributed by atoms with Crippen molar-refractivity contribution in [1.29, 1.82) is 0 Å². The molecule has 31 heavy (non-hydrogen) atoms. The van der Waals surface area contributed by atoms with E-state index in [9.17, 15) is 18.4 Å². The number of hydrogen-bond acceptors (Lipinski definition) is 6. The van der Waals surface area contributed by atoms with E-state index in [1.807, 2.05) is 0 Å². The molecule has 2 aromatic heterocycles. The average Bonchev–Trinajstić information content (AvgIpc) is 3.45. The number of aromatic amines is 1. The number of H-pyrrole nitrogens is 1. The van der Waals surface area contributed by atoms with Crippen LogP contribution in [0.3, 0.4) is 0 Å². The number of nitrogens with two attached hydrogens (primary N) is 2. The van der Waals surface area contributed by atoms with Crippen LogP contribution in [-0.2, 0) is 11.2 Å². The molecule has 3 aliphatic carbocycles. The fourth-order valence-corrected chi connectivity index (χ4v) is 5.91. The number of nitrogens with one attached hydrogen (secondary N) is 1. The van der Waals surface area contributed by atoms with Gasteiger partial charge in [0, 0.05) is 22.2 Å². The molecule has 5 N–H and O–H groups in total. The van der Waals surface area contributed by atoms with Gasteiger partial charge in [-0.2, -0.15) is 0 Å². The van der Waals surface area contributed by atoms with Crippen LogP contribution in [-0.4, -0.2) is 28.8 Å². The van der Waals surface area contributed by atoms with Crippen LogP contribution in [0, 0.1) is 0 Å². The molecule has 1 saturated carbocycles. The molecule has 1 fully saturated rings. The minimum Gasteiger partial charge on any atom is -0.498 e. The van der Waals surface area contributed by atoms with Crippen molar-refractivity contribution in [3.63, 3.8) is 0 Å². The Kier molecular flexibility index (Phi) is 4.43. The topological polar surface area (TPSA) is 116 Å². The molecule has 166 valence electrons. The van der Waals surface area contributed by atoms with Gasteiger partial charge in [0.15, 0.2) is 6.17 Å². The summed E-state index contributed by atoms with van der Waals surface area (Å²) in [6.45, 7) is 0. The third kappa shape index (κ3) is 2.89. The summed E-state index contributed by atoms with van der Waals surface area (Å²) in [7, 11) is 1.33. The molecule has 3 aliphatic rings. The van der Waals surface area contributed by atoms with E-state index in [2.05, 4.69) is 4.98 Å². The molecule has 2 heterocycles. The van der Waals surface area contributed by atoms with Crippen molar-refractivity contribution in [2.45, 2.75) is 55.8 Å². The smallest absolute Gasteiger partial charge is 0.329 e. The fourth-order valence-electron chi connectivity index (χ4n) is 4.57. The van der Waals surface area contributed by atoms with Crippen molar-refractivity contribution in [1.82, 2.24) is 9.55 Å². The van der Waals surface area contributed by atoms with Gasteiger partial charge in [0.25, 0.3) is 11.5 Å². The maximum atomic E-state index is 15.6. The number of halogens is 3. The molecule has 0 bridgehead atoms. The molecular weight excluding hydrogens is 433 g/mol. The van der Waals surface area contributed by atoms with Gasteiger partial charge in [-0.1, -0.05) is 0 Å². The first-order valence-corrected chi connectivity index (χ1v) is 10.8. The molecule has 0 radical (unpaired) electrons. The summed E-state index contributed by atoms with van der Waals surface area (Å²) >= 11 is 1.19. The standard InChI is InChI=1S/C20H21F3N4O3S/c1-30-16-11(10-6-8-9(31-10)4-5-20(22,23)17(8)25)13(21)14(24)12-15(16)27(7-2-3-7)19(29)26-18(12)28/h6-7,11,13,17H,2-5,24-25H2,1H3,(H,26,28,29).